The van der Waals surface area contributed by atoms with Gasteiger partial charge in [-0.25, -0.2) is 0 Å². The molecule has 130 valence electrons. The summed E-state index contributed by atoms with van der Waals surface area (Å²) in [7, 11) is 0. The summed E-state index contributed by atoms with van der Waals surface area (Å²) in [5.74, 6) is -0.553. The van der Waals surface area contributed by atoms with Crippen molar-refractivity contribution in [3.63, 3.8) is 0 Å². The lowest BCUT2D eigenvalue weighted by molar-refractivity contribution is -0.120. The van der Waals surface area contributed by atoms with Crippen molar-refractivity contribution in [1.82, 2.24) is 15.5 Å². The molecule has 7 heteroatoms. The monoisotopic (exact) mass is 331 g/mol. The smallest absolute Gasteiger partial charge is 0.251 e. The minimum absolute atomic E-state index is 0.0669. The standard InChI is InChI=1S/C17H25N5O2/c18-12-20-16(23)11-19-17(24)13-1-3-14(4-2-13)21-7-9-22(10-8-21)15-5-6-15/h1-4,15H,5-12,18H2,(H,19,24)(H,20,23). The van der Waals surface area contributed by atoms with Gasteiger partial charge in [0.25, 0.3) is 5.91 Å². The molecule has 0 radical (unpaired) electrons. The molecular formula is C17H25N5O2. The molecule has 1 heterocycles. The van der Waals surface area contributed by atoms with E-state index in [1.165, 1.54) is 12.8 Å². The Morgan fingerprint density at radius 3 is 2.29 bits per heavy atom. The second-order valence-corrected chi connectivity index (χ2v) is 6.29. The van der Waals surface area contributed by atoms with E-state index in [0.717, 1.165) is 37.9 Å². The molecule has 2 fully saturated rings. The molecule has 7 nitrogen and oxygen atoms in total. The van der Waals surface area contributed by atoms with Crippen LogP contribution in [0.2, 0.25) is 0 Å². The van der Waals surface area contributed by atoms with Gasteiger partial charge >= 0.3 is 0 Å². The lowest BCUT2D eigenvalue weighted by atomic mass is 10.1. The molecule has 4 N–H and O–H groups in total. The number of nitrogens with one attached hydrogen (secondary N) is 2. The zero-order valence-corrected chi connectivity index (χ0v) is 13.8. The van der Waals surface area contributed by atoms with Crippen molar-refractivity contribution in [1.29, 1.82) is 0 Å². The molecule has 0 spiro atoms. The third-order valence-electron chi connectivity index (χ3n) is 4.58. The fraction of sp³-hybridized carbons (Fsp3) is 0.529. The van der Waals surface area contributed by atoms with E-state index in [9.17, 15) is 9.59 Å². The summed E-state index contributed by atoms with van der Waals surface area (Å²) < 4.78 is 0. The molecule has 3 rings (SSSR count). The summed E-state index contributed by atoms with van der Waals surface area (Å²) in [6.45, 7) is 4.28. The predicted octanol–water partition coefficient (Wildman–Crippen LogP) is -0.267. The van der Waals surface area contributed by atoms with Gasteiger partial charge in [0, 0.05) is 43.5 Å². The van der Waals surface area contributed by atoms with Crippen molar-refractivity contribution in [2.75, 3.05) is 44.3 Å². The summed E-state index contributed by atoms with van der Waals surface area (Å²) in [5, 5.41) is 5.01. The number of carbonyl (C=O) groups is 2. The van der Waals surface area contributed by atoms with E-state index in [2.05, 4.69) is 20.4 Å². The Morgan fingerprint density at radius 2 is 1.71 bits per heavy atom. The van der Waals surface area contributed by atoms with E-state index in [1.807, 2.05) is 12.1 Å². The zero-order chi connectivity index (χ0) is 16.9. The quantitative estimate of drug-likeness (QED) is 0.625. The SMILES string of the molecule is NCNC(=O)CNC(=O)c1ccc(N2CCN(C3CC3)CC2)cc1. The number of carbonyl (C=O) groups excluding carboxylic acids is 2. The van der Waals surface area contributed by atoms with Crippen molar-refractivity contribution in [3.8, 4) is 0 Å². The van der Waals surface area contributed by atoms with Gasteiger partial charge in [0.1, 0.15) is 0 Å². The Hall–Kier alpha value is -2.12. The molecular weight excluding hydrogens is 306 g/mol. The maximum Gasteiger partial charge on any atom is 0.251 e. The molecule has 1 saturated carbocycles. The van der Waals surface area contributed by atoms with Crippen LogP contribution in [0.4, 0.5) is 5.69 Å². The van der Waals surface area contributed by atoms with E-state index in [1.54, 1.807) is 12.1 Å². The third kappa shape index (κ3) is 4.24. The van der Waals surface area contributed by atoms with Gasteiger partial charge in [0.05, 0.1) is 13.2 Å². The van der Waals surface area contributed by atoms with Crippen LogP contribution in [-0.4, -0.2) is 62.1 Å². The maximum absolute atomic E-state index is 12.0. The minimum Gasteiger partial charge on any atom is -0.369 e. The predicted molar refractivity (Wildman–Crippen MR) is 92.8 cm³/mol. The van der Waals surface area contributed by atoms with Gasteiger partial charge in [0.15, 0.2) is 0 Å². The number of piperazine rings is 1. The largest absolute Gasteiger partial charge is 0.369 e. The van der Waals surface area contributed by atoms with Crippen LogP contribution in [0.1, 0.15) is 23.2 Å². The molecule has 1 aromatic carbocycles. The Kier molecular flexibility index (Phi) is 5.32. The molecule has 0 atom stereocenters. The first-order valence-corrected chi connectivity index (χ1v) is 8.51. The first-order chi connectivity index (χ1) is 11.7. The summed E-state index contributed by atoms with van der Waals surface area (Å²) in [4.78, 5) is 28.3. The van der Waals surface area contributed by atoms with E-state index < -0.39 is 0 Å². The molecule has 0 aromatic heterocycles. The number of hydrogen-bond donors (Lipinski definition) is 3. The van der Waals surface area contributed by atoms with Crippen LogP contribution in [0.15, 0.2) is 24.3 Å². The van der Waals surface area contributed by atoms with E-state index >= 15 is 0 Å². The Labute approximate surface area is 142 Å². The lowest BCUT2D eigenvalue weighted by Gasteiger charge is -2.36. The fourth-order valence-electron chi connectivity index (χ4n) is 3.05. The van der Waals surface area contributed by atoms with E-state index in [0.29, 0.717) is 5.56 Å². The van der Waals surface area contributed by atoms with Gasteiger partial charge in [-0.2, -0.15) is 0 Å². The molecule has 1 aromatic rings. The van der Waals surface area contributed by atoms with Crippen LogP contribution in [0.3, 0.4) is 0 Å². The Bertz CT molecular complexity index is 577. The topological polar surface area (TPSA) is 90.7 Å². The average Bonchev–Trinajstić information content (AvgIpc) is 3.45. The highest BCUT2D eigenvalue weighted by atomic mass is 16.2. The van der Waals surface area contributed by atoms with Gasteiger partial charge in [-0.15, -0.1) is 0 Å². The van der Waals surface area contributed by atoms with Gasteiger partial charge < -0.3 is 21.3 Å². The summed E-state index contributed by atoms with van der Waals surface area (Å²) >= 11 is 0. The molecule has 2 aliphatic rings. The van der Waals surface area contributed by atoms with Crippen molar-refractivity contribution in [3.05, 3.63) is 29.8 Å². The first-order valence-electron chi connectivity index (χ1n) is 8.51. The van der Waals surface area contributed by atoms with Gasteiger partial charge in [-0.05, 0) is 37.1 Å². The Balaban J connectivity index is 1.49. The number of nitrogens with two attached hydrogens (primary N) is 1. The number of anilines is 1. The summed E-state index contributed by atoms with van der Waals surface area (Å²) in [6.07, 6.45) is 2.71. The van der Waals surface area contributed by atoms with Crippen LogP contribution in [0.5, 0.6) is 0 Å². The zero-order valence-electron chi connectivity index (χ0n) is 13.8. The third-order valence-corrected chi connectivity index (χ3v) is 4.58. The highest BCUT2D eigenvalue weighted by molar-refractivity contribution is 5.96. The molecule has 24 heavy (non-hydrogen) atoms. The highest BCUT2D eigenvalue weighted by Crippen LogP contribution is 2.28. The van der Waals surface area contributed by atoms with Gasteiger partial charge in [-0.1, -0.05) is 0 Å². The Morgan fingerprint density at radius 1 is 1.04 bits per heavy atom. The number of rotatable bonds is 6. The van der Waals surface area contributed by atoms with Gasteiger partial charge in [-0.3, -0.25) is 14.5 Å². The molecule has 0 bridgehead atoms. The second-order valence-electron chi connectivity index (χ2n) is 6.29. The van der Waals surface area contributed by atoms with Crippen molar-refractivity contribution >= 4 is 17.5 Å². The van der Waals surface area contributed by atoms with E-state index in [4.69, 9.17) is 5.73 Å². The van der Waals surface area contributed by atoms with Crippen molar-refractivity contribution in [2.45, 2.75) is 18.9 Å². The van der Waals surface area contributed by atoms with Gasteiger partial charge in [0.2, 0.25) is 5.91 Å². The first kappa shape index (κ1) is 16.7. The maximum atomic E-state index is 12.0. The normalized spacial score (nSPS) is 18.3. The fourth-order valence-corrected chi connectivity index (χ4v) is 3.05. The highest BCUT2D eigenvalue weighted by Gasteiger charge is 2.31. The number of nitrogens with zero attached hydrogens (tertiary/aromatic N) is 2. The molecule has 1 saturated heterocycles. The second kappa shape index (κ2) is 7.63. The van der Waals surface area contributed by atoms with Crippen LogP contribution in [0, 0.1) is 0 Å². The molecule has 2 amide bonds. The lowest BCUT2D eigenvalue weighted by Crippen LogP contribution is -2.47. The van der Waals surface area contributed by atoms with Crippen LogP contribution in [0.25, 0.3) is 0 Å². The van der Waals surface area contributed by atoms with E-state index in [-0.39, 0.29) is 25.0 Å². The molecule has 1 aliphatic heterocycles. The van der Waals surface area contributed by atoms with Crippen LogP contribution in [-0.2, 0) is 4.79 Å². The van der Waals surface area contributed by atoms with Crippen molar-refractivity contribution in [2.24, 2.45) is 5.73 Å². The van der Waals surface area contributed by atoms with Crippen LogP contribution >= 0.6 is 0 Å². The average molecular weight is 331 g/mol. The summed E-state index contributed by atoms with van der Waals surface area (Å²) in [5.41, 5.74) is 6.90. The number of hydrogen-bond acceptors (Lipinski definition) is 5. The number of amides is 2. The summed E-state index contributed by atoms with van der Waals surface area (Å²) in [6, 6.07) is 8.38. The molecule has 0 unspecified atom stereocenters. The number of benzene rings is 1. The molecule has 1 aliphatic carbocycles. The minimum atomic E-state index is -0.295. The van der Waals surface area contributed by atoms with Crippen molar-refractivity contribution < 1.29 is 9.59 Å². The van der Waals surface area contributed by atoms with Crippen LogP contribution < -0.4 is 21.3 Å².